The molecule has 0 bridgehead atoms. The molecule has 15 nitrogen and oxygen atoms in total. The van der Waals surface area contributed by atoms with Crippen LogP contribution in [-0.4, -0.2) is 142 Å². The second kappa shape index (κ2) is 38.8. The summed E-state index contributed by atoms with van der Waals surface area (Å²) in [5.41, 5.74) is 0. The van der Waals surface area contributed by atoms with Crippen molar-refractivity contribution in [1.29, 1.82) is 0 Å². The topological polar surface area (TPSA) is 231 Å². The Morgan fingerprint density at radius 2 is 0.970 bits per heavy atom. The van der Waals surface area contributed by atoms with Crippen molar-refractivity contribution in [3.05, 3.63) is 72.9 Å². The highest BCUT2D eigenvalue weighted by atomic mass is 16.7. The monoisotopic (exact) mass is 951 g/mol. The molecule has 0 amide bonds. The van der Waals surface area contributed by atoms with Crippen LogP contribution in [0.2, 0.25) is 0 Å². The largest absolute Gasteiger partial charge is 0.462 e. The minimum Gasteiger partial charge on any atom is -0.462 e. The van der Waals surface area contributed by atoms with Gasteiger partial charge in [0, 0.05) is 12.8 Å². The first-order valence-electron chi connectivity index (χ1n) is 25.1. The molecule has 0 aromatic rings. The van der Waals surface area contributed by atoms with Crippen molar-refractivity contribution in [2.24, 2.45) is 0 Å². The van der Waals surface area contributed by atoms with Crippen LogP contribution in [0.4, 0.5) is 0 Å². The lowest BCUT2D eigenvalue weighted by Crippen LogP contribution is -2.61. The minimum atomic E-state index is -1.78. The van der Waals surface area contributed by atoms with E-state index in [0.717, 1.165) is 44.9 Å². The van der Waals surface area contributed by atoms with Crippen LogP contribution >= 0.6 is 0 Å². The Hall–Kier alpha value is -3.06. The summed E-state index contributed by atoms with van der Waals surface area (Å²) in [6.45, 7) is 2.34. The van der Waals surface area contributed by atoms with E-state index in [1.165, 1.54) is 57.8 Å². The van der Waals surface area contributed by atoms with Crippen molar-refractivity contribution in [2.45, 2.75) is 216 Å². The van der Waals surface area contributed by atoms with Gasteiger partial charge in [-0.05, 0) is 51.4 Å². The summed E-state index contributed by atoms with van der Waals surface area (Å²) in [5.74, 6) is -1.03. The van der Waals surface area contributed by atoms with E-state index in [0.29, 0.717) is 19.3 Å². The number of esters is 2. The number of hydrogen-bond acceptors (Lipinski definition) is 15. The number of allylic oxidation sites excluding steroid dienone is 12. The number of carbonyl (C=O) groups excluding carboxylic acids is 2. The molecule has 0 aliphatic carbocycles. The fraction of sp³-hybridized carbons (Fsp3) is 0.731. The molecule has 5 unspecified atom stereocenters. The number of aliphatic hydroxyl groups is 7. The summed E-state index contributed by atoms with van der Waals surface area (Å²) < 4.78 is 33.4. The molecule has 7 N–H and O–H groups in total. The maximum atomic E-state index is 12.9. The smallest absolute Gasteiger partial charge is 0.306 e. The second-order valence-electron chi connectivity index (χ2n) is 17.4. The highest BCUT2D eigenvalue weighted by Gasteiger charge is 2.47. The number of unbranched alkanes of at least 4 members (excludes halogenated alkanes) is 15. The normalized spacial score (nSPS) is 26.6. The minimum absolute atomic E-state index is 0.0639. The molecule has 2 saturated heterocycles. The molecular weight excluding hydrogens is 865 g/mol. The van der Waals surface area contributed by atoms with E-state index in [9.17, 15) is 45.3 Å². The van der Waals surface area contributed by atoms with Gasteiger partial charge in [-0.25, -0.2) is 0 Å². The molecule has 0 saturated carbocycles. The van der Waals surface area contributed by atoms with E-state index in [-0.39, 0.29) is 19.4 Å². The van der Waals surface area contributed by atoms with Crippen molar-refractivity contribution in [2.75, 3.05) is 26.4 Å². The standard InChI is InChI=1S/C52H86O15/c1-3-5-7-9-11-13-15-17-18-19-20-21-23-24-26-28-30-32-34-43(54)62-37-40(65-44(55)35-33-31-29-27-25-22-16-14-12-10-8-6-4-2)38-63-51-50(61)48(59)46(57)42(67-51)39-64-52-49(60)47(58)45(56)41(36-53)66-52/h6,8,10,12,14,16,20-22,25,27,29,40-42,45-53,56-61H,3-5,7,9,11,13,15,17-19,23-24,26,28,30-39H2,1-2H3/b8-6+,12-10+,16-14+,21-20+,25-22+,29-27+/t40?,41-,42-,45+,46+,47?,48?,49?,50?,51-,52-/m1/s1. The van der Waals surface area contributed by atoms with Gasteiger partial charge in [0.1, 0.15) is 55.4 Å². The molecular formula is C52H86O15. The number of rotatable bonds is 37. The van der Waals surface area contributed by atoms with E-state index in [2.05, 4.69) is 32.1 Å². The molecule has 2 rings (SSSR count). The summed E-state index contributed by atoms with van der Waals surface area (Å²) in [5, 5.41) is 72.0. The van der Waals surface area contributed by atoms with Gasteiger partial charge in [-0.1, -0.05) is 157 Å². The zero-order valence-electron chi connectivity index (χ0n) is 40.4. The summed E-state index contributed by atoms with van der Waals surface area (Å²) in [6.07, 6.45) is 28.1. The van der Waals surface area contributed by atoms with Crippen molar-refractivity contribution in [1.82, 2.24) is 0 Å². The lowest BCUT2D eigenvalue weighted by atomic mass is 9.98. The van der Waals surface area contributed by atoms with Crippen molar-refractivity contribution in [3.8, 4) is 0 Å². The van der Waals surface area contributed by atoms with E-state index in [1.807, 2.05) is 54.7 Å². The SMILES string of the molecule is CC/C=C/C=C/C=C/C=C/C=C/CCCC(=O)OC(COC(=O)CCCCCCC/C=C/CCCCCCCCCCC)CO[C@@H]1O[C@H](CO[C@@H]2O[C@H](CO)[C@H](O)C(O)C2O)[C@H](O)C(O)C1O. The van der Waals surface area contributed by atoms with Gasteiger partial charge in [0.05, 0.1) is 19.8 Å². The van der Waals surface area contributed by atoms with Crippen molar-refractivity contribution in [3.63, 3.8) is 0 Å². The average molecular weight is 951 g/mol. The molecule has 0 radical (unpaired) electrons. The Kier molecular flexibility index (Phi) is 34.7. The van der Waals surface area contributed by atoms with Gasteiger partial charge in [-0.2, -0.15) is 0 Å². The van der Waals surface area contributed by atoms with E-state index in [1.54, 1.807) is 0 Å². The third kappa shape index (κ3) is 27.1. The Morgan fingerprint density at radius 1 is 0.493 bits per heavy atom. The predicted molar refractivity (Wildman–Crippen MR) is 256 cm³/mol. The first-order chi connectivity index (χ1) is 32.5. The number of ether oxygens (including phenoxy) is 6. The maximum absolute atomic E-state index is 12.9. The predicted octanol–water partition coefficient (Wildman–Crippen LogP) is 6.65. The van der Waals surface area contributed by atoms with Crippen LogP contribution in [0.5, 0.6) is 0 Å². The second-order valence-corrected chi connectivity index (χ2v) is 17.4. The van der Waals surface area contributed by atoms with Crippen LogP contribution in [0.3, 0.4) is 0 Å². The summed E-state index contributed by atoms with van der Waals surface area (Å²) in [7, 11) is 0. The maximum Gasteiger partial charge on any atom is 0.306 e. The number of hydrogen-bond donors (Lipinski definition) is 7. The molecule has 15 heteroatoms. The van der Waals surface area contributed by atoms with Crippen LogP contribution in [0, 0.1) is 0 Å². The van der Waals surface area contributed by atoms with Crippen LogP contribution < -0.4 is 0 Å². The third-order valence-corrected chi connectivity index (χ3v) is 11.5. The Morgan fingerprint density at radius 3 is 1.55 bits per heavy atom. The zero-order valence-corrected chi connectivity index (χ0v) is 40.4. The van der Waals surface area contributed by atoms with Gasteiger partial charge in [0.25, 0.3) is 0 Å². The van der Waals surface area contributed by atoms with E-state index < -0.39 is 99.3 Å². The molecule has 0 aromatic carbocycles. The fourth-order valence-corrected chi connectivity index (χ4v) is 7.42. The van der Waals surface area contributed by atoms with E-state index >= 15 is 0 Å². The van der Waals surface area contributed by atoms with Crippen molar-refractivity contribution >= 4 is 11.9 Å². The fourth-order valence-electron chi connectivity index (χ4n) is 7.42. The van der Waals surface area contributed by atoms with Gasteiger partial charge in [-0.15, -0.1) is 0 Å². The molecule has 0 aromatic heterocycles. The number of aliphatic hydroxyl groups excluding tert-OH is 7. The van der Waals surface area contributed by atoms with Gasteiger partial charge in [0.15, 0.2) is 18.7 Å². The first-order valence-corrected chi connectivity index (χ1v) is 25.1. The summed E-state index contributed by atoms with van der Waals surface area (Å²) in [4.78, 5) is 25.7. The molecule has 2 aliphatic heterocycles. The average Bonchev–Trinajstić information content (AvgIpc) is 3.32. The Bertz CT molecular complexity index is 1440. The van der Waals surface area contributed by atoms with Crippen LogP contribution in [0.25, 0.3) is 0 Å². The lowest BCUT2D eigenvalue weighted by Gasteiger charge is -2.42. The van der Waals surface area contributed by atoms with E-state index in [4.69, 9.17) is 28.4 Å². The first kappa shape index (κ1) is 60.1. The Labute approximate surface area is 400 Å². The molecule has 67 heavy (non-hydrogen) atoms. The van der Waals surface area contributed by atoms with Crippen molar-refractivity contribution < 1.29 is 73.8 Å². The molecule has 384 valence electrons. The lowest BCUT2D eigenvalue weighted by molar-refractivity contribution is -0.332. The Balaban J connectivity index is 1.84. The zero-order chi connectivity index (χ0) is 48.9. The quantitative estimate of drug-likeness (QED) is 0.0150. The molecule has 2 aliphatic rings. The van der Waals surface area contributed by atoms with Crippen LogP contribution in [-0.2, 0) is 38.0 Å². The van der Waals surface area contributed by atoms with Crippen LogP contribution in [0.15, 0.2) is 72.9 Å². The number of carbonyl (C=O) groups is 2. The molecule has 11 atom stereocenters. The van der Waals surface area contributed by atoms with Gasteiger partial charge >= 0.3 is 11.9 Å². The highest BCUT2D eigenvalue weighted by Crippen LogP contribution is 2.26. The van der Waals surface area contributed by atoms with Crippen LogP contribution in [0.1, 0.15) is 149 Å². The van der Waals surface area contributed by atoms with Gasteiger partial charge in [-0.3, -0.25) is 9.59 Å². The molecule has 2 fully saturated rings. The van der Waals surface area contributed by atoms with Gasteiger partial charge < -0.3 is 64.2 Å². The summed E-state index contributed by atoms with van der Waals surface area (Å²) in [6, 6.07) is 0. The van der Waals surface area contributed by atoms with Gasteiger partial charge in [0.2, 0.25) is 0 Å². The molecule has 2 heterocycles. The summed E-state index contributed by atoms with van der Waals surface area (Å²) >= 11 is 0. The third-order valence-electron chi connectivity index (χ3n) is 11.5. The molecule has 0 spiro atoms. The highest BCUT2D eigenvalue weighted by molar-refractivity contribution is 5.70.